The zero-order chi connectivity index (χ0) is 21.3. The van der Waals surface area contributed by atoms with Gasteiger partial charge in [0, 0.05) is 58.3 Å². The molecule has 1 unspecified atom stereocenters. The lowest BCUT2D eigenvalue weighted by molar-refractivity contribution is 0.0587. The third kappa shape index (κ3) is 3.53. The normalized spacial score (nSPS) is 15.9. The molecule has 0 saturated carbocycles. The maximum absolute atomic E-state index is 13.3. The second kappa shape index (κ2) is 8.22. The average molecular weight is 426 g/mol. The fraction of sp³-hybridized carbons (Fsp3) is 0.182. The van der Waals surface area contributed by atoms with Gasteiger partial charge in [0.15, 0.2) is 17.6 Å². The molecular weight excluding hydrogens is 406 g/mol. The van der Waals surface area contributed by atoms with Gasteiger partial charge >= 0.3 is 0 Å². The molecule has 0 radical (unpaired) electrons. The van der Waals surface area contributed by atoms with E-state index in [1.165, 1.54) is 12.4 Å². The smallest absolute Gasteiger partial charge is 0.209 e. The van der Waals surface area contributed by atoms with Crippen LogP contribution in [0.1, 0.15) is 15.9 Å². The van der Waals surface area contributed by atoms with Crippen LogP contribution in [0.15, 0.2) is 48.8 Å². The molecule has 0 spiro atoms. The minimum atomic E-state index is -0.815. The van der Waals surface area contributed by atoms with E-state index in [0.29, 0.717) is 34.2 Å². The highest BCUT2D eigenvalue weighted by Crippen LogP contribution is 2.35. The first-order valence-corrected chi connectivity index (χ1v) is 9.73. The Bertz CT molecular complexity index is 1170. The fourth-order valence-electron chi connectivity index (χ4n) is 3.54. The molecule has 1 atom stereocenters. The summed E-state index contributed by atoms with van der Waals surface area (Å²) in [7, 11) is 0. The molecule has 0 fully saturated rings. The first-order chi connectivity index (χ1) is 14.5. The molecule has 154 valence electrons. The molecule has 0 amide bonds. The molecule has 1 aromatic heterocycles. The minimum absolute atomic E-state index is 0.0826. The molecule has 0 bridgehead atoms. The van der Waals surface area contributed by atoms with Gasteiger partial charge in [0.05, 0.1) is 6.61 Å². The van der Waals surface area contributed by atoms with Gasteiger partial charge in [0.1, 0.15) is 6.61 Å². The van der Waals surface area contributed by atoms with Gasteiger partial charge in [-0.05, 0) is 23.8 Å². The number of carbonyl (C=O) groups excluding carboxylic acids is 1. The highest BCUT2D eigenvalue weighted by molar-refractivity contribution is 6.30. The number of rotatable bonds is 6. The van der Waals surface area contributed by atoms with E-state index in [-0.39, 0.29) is 19.0 Å². The van der Waals surface area contributed by atoms with Crippen molar-refractivity contribution in [2.45, 2.75) is 12.6 Å². The van der Waals surface area contributed by atoms with Crippen LogP contribution < -0.4 is 15.2 Å². The summed E-state index contributed by atoms with van der Waals surface area (Å²) in [5.41, 5.74) is 8.13. The van der Waals surface area contributed by atoms with Crippen LogP contribution in [0.2, 0.25) is 5.02 Å². The number of fused-ring (bicyclic) bond motifs is 2. The van der Waals surface area contributed by atoms with E-state index >= 15 is 0 Å². The third-order valence-electron chi connectivity index (χ3n) is 5.01. The maximum Gasteiger partial charge on any atom is 0.209 e. The standard InChI is InChI=1S/C22H20ClN3O4/c23-15-2-4-19-20(8-15)30-21(12-29-19)22(28)17-11-26(5-6-27)18-7-13(1-3-16(17)18)14(9-24)10-25/h1-4,7-11,21,24,27H,5-6,12,25H2/b14-10+,24-9?. The minimum Gasteiger partial charge on any atom is -0.485 e. The molecule has 1 aliphatic rings. The second-order valence-electron chi connectivity index (χ2n) is 6.83. The Hall–Kier alpha value is -3.29. The Morgan fingerprint density at radius 3 is 2.87 bits per heavy atom. The van der Waals surface area contributed by atoms with Crippen molar-refractivity contribution in [3.63, 3.8) is 0 Å². The van der Waals surface area contributed by atoms with Gasteiger partial charge in [-0.2, -0.15) is 0 Å². The van der Waals surface area contributed by atoms with Crippen molar-refractivity contribution in [2.24, 2.45) is 5.73 Å². The number of nitrogens with zero attached hydrogens (tertiary/aromatic N) is 1. The van der Waals surface area contributed by atoms with Gasteiger partial charge in [-0.25, -0.2) is 0 Å². The number of benzene rings is 2. The van der Waals surface area contributed by atoms with Crippen molar-refractivity contribution in [1.82, 2.24) is 4.57 Å². The van der Waals surface area contributed by atoms with Gasteiger partial charge in [-0.1, -0.05) is 23.7 Å². The predicted molar refractivity (Wildman–Crippen MR) is 116 cm³/mol. The molecule has 2 aromatic carbocycles. The summed E-state index contributed by atoms with van der Waals surface area (Å²) in [5, 5.41) is 18.2. The van der Waals surface area contributed by atoms with E-state index in [4.69, 9.17) is 32.2 Å². The van der Waals surface area contributed by atoms with E-state index in [9.17, 15) is 9.90 Å². The lowest BCUT2D eigenvalue weighted by Gasteiger charge is -2.25. The zero-order valence-electron chi connectivity index (χ0n) is 16.0. The highest BCUT2D eigenvalue weighted by Gasteiger charge is 2.30. The first kappa shape index (κ1) is 20.0. The Labute approximate surface area is 177 Å². The molecule has 4 rings (SSSR count). The molecule has 8 heteroatoms. The Morgan fingerprint density at radius 1 is 1.30 bits per heavy atom. The number of aliphatic hydroxyl groups excluding tert-OH is 1. The van der Waals surface area contributed by atoms with Crippen molar-refractivity contribution in [3.8, 4) is 11.5 Å². The Kier molecular flexibility index (Phi) is 5.48. The SMILES string of the molecule is N=C/C(=C\N)c1ccc2c(C(=O)C3COc4ccc(Cl)cc4O3)cn(CCO)c2c1. The van der Waals surface area contributed by atoms with Crippen molar-refractivity contribution in [3.05, 3.63) is 64.9 Å². The molecule has 7 nitrogen and oxygen atoms in total. The quantitative estimate of drug-likeness (QED) is 0.414. The molecule has 30 heavy (non-hydrogen) atoms. The van der Waals surface area contributed by atoms with Crippen LogP contribution in [-0.2, 0) is 6.54 Å². The Balaban J connectivity index is 1.73. The number of ether oxygens (including phenoxy) is 2. The first-order valence-electron chi connectivity index (χ1n) is 9.35. The number of allylic oxidation sites excluding steroid dienone is 1. The summed E-state index contributed by atoms with van der Waals surface area (Å²) in [6.07, 6.45) is 3.42. The lowest BCUT2D eigenvalue weighted by Crippen LogP contribution is -2.36. The summed E-state index contributed by atoms with van der Waals surface area (Å²) >= 11 is 6.02. The van der Waals surface area contributed by atoms with Crippen LogP contribution in [0, 0.1) is 5.41 Å². The summed E-state index contributed by atoms with van der Waals surface area (Å²) in [4.78, 5) is 13.3. The monoisotopic (exact) mass is 425 g/mol. The number of ketones is 1. The molecule has 2 heterocycles. The number of Topliss-reactive ketones (excluding diaryl/α,β-unsaturated/α-hetero) is 1. The highest BCUT2D eigenvalue weighted by atomic mass is 35.5. The molecule has 4 N–H and O–H groups in total. The Morgan fingerprint density at radius 2 is 2.13 bits per heavy atom. The number of halogens is 1. The summed E-state index contributed by atoms with van der Waals surface area (Å²) in [5.74, 6) is 0.748. The zero-order valence-corrected chi connectivity index (χ0v) is 16.7. The van der Waals surface area contributed by atoms with Crippen molar-refractivity contribution in [1.29, 1.82) is 5.41 Å². The van der Waals surface area contributed by atoms with E-state index in [1.54, 1.807) is 35.0 Å². The van der Waals surface area contributed by atoms with E-state index in [2.05, 4.69) is 0 Å². The van der Waals surface area contributed by atoms with Crippen LogP contribution in [0.4, 0.5) is 0 Å². The van der Waals surface area contributed by atoms with Gasteiger partial charge < -0.3 is 30.3 Å². The van der Waals surface area contributed by atoms with Gasteiger partial charge in [0.25, 0.3) is 0 Å². The molecule has 0 saturated heterocycles. The lowest BCUT2D eigenvalue weighted by atomic mass is 10.0. The van der Waals surface area contributed by atoms with E-state index in [1.807, 2.05) is 12.1 Å². The van der Waals surface area contributed by atoms with Crippen LogP contribution in [0.3, 0.4) is 0 Å². The van der Waals surface area contributed by atoms with Crippen LogP contribution in [0.25, 0.3) is 16.5 Å². The molecular formula is C22H20ClN3O4. The molecule has 1 aliphatic heterocycles. The second-order valence-corrected chi connectivity index (χ2v) is 7.27. The van der Waals surface area contributed by atoms with Crippen molar-refractivity contribution >= 4 is 40.1 Å². The van der Waals surface area contributed by atoms with Crippen LogP contribution in [0.5, 0.6) is 11.5 Å². The van der Waals surface area contributed by atoms with E-state index in [0.717, 1.165) is 16.5 Å². The number of carbonyl (C=O) groups is 1. The fourth-order valence-corrected chi connectivity index (χ4v) is 3.70. The van der Waals surface area contributed by atoms with Crippen molar-refractivity contribution in [2.75, 3.05) is 13.2 Å². The number of aliphatic hydroxyl groups is 1. The van der Waals surface area contributed by atoms with Gasteiger partial charge in [-0.15, -0.1) is 0 Å². The number of aromatic nitrogens is 1. The van der Waals surface area contributed by atoms with Gasteiger partial charge in [0.2, 0.25) is 5.78 Å². The maximum atomic E-state index is 13.3. The summed E-state index contributed by atoms with van der Waals surface area (Å²) in [6, 6.07) is 10.5. The third-order valence-corrected chi connectivity index (χ3v) is 5.25. The predicted octanol–water partition coefficient (Wildman–Crippen LogP) is 3.26. The van der Waals surface area contributed by atoms with Crippen LogP contribution in [-0.4, -0.2) is 41.0 Å². The molecule has 3 aromatic rings. The summed E-state index contributed by atoms with van der Waals surface area (Å²) < 4.78 is 13.4. The average Bonchev–Trinajstić information content (AvgIpc) is 3.12. The van der Waals surface area contributed by atoms with Gasteiger partial charge in [-0.3, -0.25) is 4.79 Å². The van der Waals surface area contributed by atoms with Crippen LogP contribution >= 0.6 is 11.6 Å². The van der Waals surface area contributed by atoms with E-state index < -0.39 is 6.10 Å². The number of nitrogens with two attached hydrogens (primary N) is 1. The largest absolute Gasteiger partial charge is 0.485 e. The van der Waals surface area contributed by atoms with Crippen molar-refractivity contribution < 1.29 is 19.4 Å². The molecule has 0 aliphatic carbocycles. The topological polar surface area (TPSA) is 111 Å². The number of nitrogens with one attached hydrogen (secondary N) is 1. The summed E-state index contributed by atoms with van der Waals surface area (Å²) in [6.45, 7) is 0.326. The number of hydrogen-bond acceptors (Lipinski definition) is 6. The number of hydrogen-bond donors (Lipinski definition) is 3.